The van der Waals surface area contributed by atoms with Gasteiger partial charge in [-0.25, -0.2) is 14.8 Å². The molecule has 1 atom stereocenters. The van der Waals surface area contributed by atoms with Crippen molar-refractivity contribution in [2.75, 3.05) is 5.32 Å². The molecular formula is C17H15ClF6N4O2. The molecule has 1 heterocycles. The Bertz CT molecular complexity index is 906. The third-order valence-corrected chi connectivity index (χ3v) is 4.38. The third-order valence-electron chi connectivity index (χ3n) is 4.08. The third kappa shape index (κ3) is 5.30. The minimum Gasteiger partial charge on any atom is -0.376 e. The van der Waals surface area contributed by atoms with E-state index in [0.29, 0.717) is 19.3 Å². The van der Waals surface area contributed by atoms with Crippen molar-refractivity contribution in [3.8, 4) is 0 Å². The van der Waals surface area contributed by atoms with Gasteiger partial charge in [0.2, 0.25) is 0 Å². The molecule has 2 rings (SSSR count). The molecule has 0 aliphatic rings. The summed E-state index contributed by atoms with van der Waals surface area (Å²) in [5.74, 6) is -0.0995. The van der Waals surface area contributed by atoms with Crippen LogP contribution in [0.25, 0.3) is 0 Å². The Morgan fingerprint density at radius 3 is 2.13 bits per heavy atom. The Morgan fingerprint density at radius 1 is 1.10 bits per heavy atom. The van der Waals surface area contributed by atoms with E-state index in [9.17, 15) is 36.2 Å². The van der Waals surface area contributed by atoms with Crippen LogP contribution in [-0.2, 0) is 18.3 Å². The maximum absolute atomic E-state index is 13.0. The number of alkyl halides is 6. The number of hydrogen-bond acceptors (Lipinski definition) is 4. The molecule has 0 spiro atoms. The normalized spacial score (nSPS) is 14.2. The number of carbonyl (C=O) groups is 1. The first-order valence-corrected chi connectivity index (χ1v) is 8.53. The van der Waals surface area contributed by atoms with Gasteiger partial charge < -0.3 is 15.7 Å². The van der Waals surface area contributed by atoms with Crippen LogP contribution in [0.1, 0.15) is 29.4 Å². The van der Waals surface area contributed by atoms with Gasteiger partial charge in [-0.2, -0.15) is 26.3 Å². The Labute approximate surface area is 171 Å². The van der Waals surface area contributed by atoms with E-state index >= 15 is 0 Å². The van der Waals surface area contributed by atoms with Crippen LogP contribution in [0, 0.1) is 6.92 Å². The summed E-state index contributed by atoms with van der Waals surface area (Å²) in [4.78, 5) is 19.0. The van der Waals surface area contributed by atoms with Crippen LogP contribution in [-0.4, -0.2) is 27.3 Å². The van der Waals surface area contributed by atoms with E-state index in [2.05, 4.69) is 20.6 Å². The van der Waals surface area contributed by atoms with Gasteiger partial charge in [-0.3, -0.25) is 0 Å². The molecule has 2 amide bonds. The molecule has 0 fully saturated rings. The van der Waals surface area contributed by atoms with Crippen molar-refractivity contribution < 1.29 is 36.2 Å². The molecular weight excluding hydrogens is 442 g/mol. The van der Waals surface area contributed by atoms with Crippen LogP contribution in [0.3, 0.4) is 0 Å². The van der Waals surface area contributed by atoms with Gasteiger partial charge in [-0.05, 0) is 31.0 Å². The largest absolute Gasteiger partial charge is 0.421 e. The number of nitrogens with zero attached hydrogens (tertiary/aromatic N) is 2. The Hall–Kier alpha value is -2.60. The number of aliphatic hydroxyl groups is 1. The lowest BCUT2D eigenvalue weighted by Gasteiger charge is -2.27. The first kappa shape index (κ1) is 23.7. The number of nitrogens with one attached hydrogen (secondary N) is 2. The molecule has 164 valence electrons. The van der Waals surface area contributed by atoms with Crippen LogP contribution < -0.4 is 10.6 Å². The van der Waals surface area contributed by atoms with Gasteiger partial charge in [0, 0.05) is 12.4 Å². The molecule has 1 unspecified atom stereocenters. The summed E-state index contributed by atoms with van der Waals surface area (Å²) in [6.07, 6.45) is -8.42. The van der Waals surface area contributed by atoms with E-state index in [1.54, 1.807) is 0 Å². The fourth-order valence-electron chi connectivity index (χ4n) is 2.26. The van der Waals surface area contributed by atoms with Crippen molar-refractivity contribution in [1.82, 2.24) is 15.3 Å². The molecule has 1 aromatic heterocycles. The average molecular weight is 457 g/mol. The summed E-state index contributed by atoms with van der Waals surface area (Å²) in [5, 5.41) is 14.1. The highest BCUT2D eigenvalue weighted by atomic mass is 35.5. The second kappa shape index (κ2) is 8.26. The lowest BCUT2D eigenvalue weighted by molar-refractivity contribution is -0.258. The molecule has 6 nitrogen and oxygen atoms in total. The summed E-state index contributed by atoms with van der Waals surface area (Å²) in [6.45, 7) is 1.62. The highest BCUT2D eigenvalue weighted by molar-refractivity contribution is 6.34. The minimum absolute atomic E-state index is 0.00997. The van der Waals surface area contributed by atoms with Gasteiger partial charge >= 0.3 is 18.4 Å². The first-order valence-electron chi connectivity index (χ1n) is 8.15. The summed E-state index contributed by atoms with van der Waals surface area (Å²) in [7, 11) is 0. The average Bonchev–Trinajstić information content (AvgIpc) is 2.61. The second-order valence-corrected chi connectivity index (χ2v) is 6.82. The van der Waals surface area contributed by atoms with Crippen molar-refractivity contribution in [3.05, 3.63) is 52.1 Å². The van der Waals surface area contributed by atoms with Crippen molar-refractivity contribution in [2.24, 2.45) is 0 Å². The minimum atomic E-state index is -4.95. The summed E-state index contributed by atoms with van der Waals surface area (Å²) in [6, 6.07) is 1.05. The maximum Gasteiger partial charge on any atom is 0.421 e. The Morgan fingerprint density at radius 2 is 1.67 bits per heavy atom. The molecule has 0 aliphatic heterocycles. The maximum atomic E-state index is 13.0. The zero-order chi connectivity index (χ0) is 22.9. The molecule has 0 radical (unpaired) electrons. The molecule has 1 aromatic carbocycles. The van der Waals surface area contributed by atoms with E-state index in [1.165, 1.54) is 6.92 Å². The zero-order valence-corrected chi connectivity index (χ0v) is 16.2. The number of aromatic nitrogens is 2. The van der Waals surface area contributed by atoms with Crippen molar-refractivity contribution in [2.45, 2.75) is 38.3 Å². The molecule has 0 saturated carbocycles. The van der Waals surface area contributed by atoms with Gasteiger partial charge in [0.05, 0.1) is 22.8 Å². The SMILES string of the molecule is Cc1cc(C(C)(O)C(F)(F)F)cc(Cl)c1NC(=O)NCc1ncc(C(F)(F)F)cn1. The lowest BCUT2D eigenvalue weighted by atomic mass is 9.93. The van der Waals surface area contributed by atoms with E-state index < -0.39 is 35.1 Å². The second-order valence-electron chi connectivity index (χ2n) is 6.41. The summed E-state index contributed by atoms with van der Waals surface area (Å²) >= 11 is 5.96. The summed E-state index contributed by atoms with van der Waals surface area (Å²) in [5.41, 5.74) is -4.58. The number of aryl methyl sites for hydroxylation is 1. The van der Waals surface area contributed by atoms with Crippen LogP contribution in [0.5, 0.6) is 0 Å². The predicted octanol–water partition coefficient (Wildman–Crippen LogP) is 4.55. The van der Waals surface area contributed by atoms with Crippen molar-refractivity contribution in [1.29, 1.82) is 0 Å². The molecule has 2 aromatic rings. The quantitative estimate of drug-likeness (QED) is 0.589. The van der Waals surface area contributed by atoms with E-state index in [0.717, 1.165) is 12.1 Å². The topological polar surface area (TPSA) is 87.1 Å². The molecule has 0 saturated heterocycles. The monoisotopic (exact) mass is 456 g/mol. The van der Waals surface area contributed by atoms with Gasteiger partial charge in [0.25, 0.3) is 0 Å². The number of rotatable bonds is 4. The summed E-state index contributed by atoms with van der Waals surface area (Å²) < 4.78 is 76.4. The predicted molar refractivity (Wildman–Crippen MR) is 94.7 cm³/mol. The lowest BCUT2D eigenvalue weighted by Crippen LogP contribution is -2.39. The Balaban J connectivity index is 2.08. The van der Waals surface area contributed by atoms with Crippen LogP contribution >= 0.6 is 11.6 Å². The van der Waals surface area contributed by atoms with Crippen LogP contribution in [0.2, 0.25) is 5.02 Å². The highest BCUT2D eigenvalue weighted by Crippen LogP contribution is 2.41. The molecule has 0 bridgehead atoms. The number of carbonyl (C=O) groups excluding carboxylic acids is 1. The van der Waals surface area contributed by atoms with E-state index in [1.807, 2.05) is 0 Å². The van der Waals surface area contributed by atoms with Gasteiger partial charge in [0.15, 0.2) is 5.60 Å². The number of benzene rings is 1. The van der Waals surface area contributed by atoms with E-state index in [-0.39, 0.29) is 28.6 Å². The van der Waals surface area contributed by atoms with Gasteiger partial charge in [-0.15, -0.1) is 0 Å². The van der Waals surface area contributed by atoms with Crippen LogP contribution in [0.4, 0.5) is 36.8 Å². The number of hydrogen-bond donors (Lipinski definition) is 3. The van der Waals surface area contributed by atoms with Gasteiger partial charge in [-0.1, -0.05) is 17.7 Å². The van der Waals surface area contributed by atoms with Crippen molar-refractivity contribution >= 4 is 23.3 Å². The van der Waals surface area contributed by atoms with Gasteiger partial charge in [0.1, 0.15) is 5.82 Å². The zero-order valence-electron chi connectivity index (χ0n) is 15.4. The number of amides is 2. The number of urea groups is 1. The molecule has 13 heteroatoms. The first-order chi connectivity index (χ1) is 13.6. The Kier molecular flexibility index (Phi) is 6.52. The molecule has 0 aliphatic carbocycles. The fourth-order valence-corrected chi connectivity index (χ4v) is 2.57. The van der Waals surface area contributed by atoms with E-state index in [4.69, 9.17) is 11.6 Å². The fraction of sp³-hybridized carbons (Fsp3) is 0.353. The molecule has 3 N–H and O–H groups in total. The number of halogens is 7. The highest BCUT2D eigenvalue weighted by Gasteiger charge is 2.51. The smallest absolute Gasteiger partial charge is 0.376 e. The standard InChI is InChI=1S/C17H15ClF6N4O2/c1-8-3-9(15(2,30)17(22,23)24)4-11(18)13(8)28-14(29)27-7-12-25-5-10(6-26-12)16(19,20)21/h3-6,30H,7H2,1-2H3,(H2,27,28,29). The molecule has 30 heavy (non-hydrogen) atoms. The number of anilines is 1. The van der Waals surface area contributed by atoms with Crippen molar-refractivity contribution in [3.63, 3.8) is 0 Å². The van der Waals surface area contributed by atoms with Crippen LogP contribution in [0.15, 0.2) is 24.5 Å².